The summed E-state index contributed by atoms with van der Waals surface area (Å²) in [6.07, 6.45) is 0.205. The fourth-order valence-corrected chi connectivity index (χ4v) is 2.84. The van der Waals surface area contributed by atoms with Crippen LogP contribution in [0.15, 0.2) is 0 Å². The summed E-state index contributed by atoms with van der Waals surface area (Å²) in [6.45, 7) is 13.3. The van der Waals surface area contributed by atoms with E-state index in [4.69, 9.17) is 14.3 Å². The average molecular weight is 232 g/mol. The van der Waals surface area contributed by atoms with Crippen molar-refractivity contribution < 1.29 is 14.3 Å². The Morgan fingerprint density at radius 2 is 1.93 bits per heavy atom. The van der Waals surface area contributed by atoms with Gasteiger partial charge in [-0.05, 0) is 25.1 Å². The Hall–Kier alpha value is 0.0969. The van der Waals surface area contributed by atoms with Crippen molar-refractivity contribution in [2.45, 2.75) is 64.1 Å². The molecule has 1 saturated heterocycles. The van der Waals surface area contributed by atoms with E-state index in [-0.39, 0.29) is 30.0 Å². The number of epoxide rings is 1. The molecule has 3 atom stereocenters. The Labute approximate surface area is 93.9 Å². The van der Waals surface area contributed by atoms with Gasteiger partial charge in [0.15, 0.2) is 8.32 Å². The van der Waals surface area contributed by atoms with Crippen molar-refractivity contribution in [1.82, 2.24) is 0 Å². The normalized spacial score (nSPS) is 29.0. The minimum absolute atomic E-state index is 0.00442. The van der Waals surface area contributed by atoms with Gasteiger partial charge < -0.3 is 14.3 Å². The Bertz CT molecular complexity index is 222. The summed E-state index contributed by atoms with van der Waals surface area (Å²) in [6, 6.07) is 0. The topological polar surface area (TPSA) is 42.0 Å². The fourth-order valence-electron chi connectivity index (χ4n) is 1.42. The van der Waals surface area contributed by atoms with Gasteiger partial charge in [-0.1, -0.05) is 20.8 Å². The predicted octanol–water partition coefficient (Wildman–Crippen LogP) is 2.16. The first kappa shape index (κ1) is 13.2. The van der Waals surface area contributed by atoms with E-state index in [0.717, 1.165) is 0 Å². The average Bonchev–Trinajstić information content (AvgIpc) is 2.79. The first-order valence-corrected chi connectivity index (χ1v) is 8.54. The first-order valence-electron chi connectivity index (χ1n) is 5.63. The maximum absolute atomic E-state index is 8.91. The lowest BCUT2D eigenvalue weighted by atomic mass is 10.2. The molecule has 0 aromatic rings. The maximum atomic E-state index is 8.91. The summed E-state index contributed by atoms with van der Waals surface area (Å²) in [4.78, 5) is 0. The van der Waals surface area contributed by atoms with Gasteiger partial charge in [0.1, 0.15) is 12.2 Å². The number of aliphatic hydroxyl groups excluding tert-OH is 1. The van der Waals surface area contributed by atoms with Crippen molar-refractivity contribution in [3.05, 3.63) is 0 Å². The molecular formula is C11H24O3Si. The minimum atomic E-state index is -1.69. The van der Waals surface area contributed by atoms with Crippen LogP contribution in [0.25, 0.3) is 0 Å². The molecular weight excluding hydrogens is 208 g/mol. The summed E-state index contributed by atoms with van der Waals surface area (Å²) < 4.78 is 11.5. The molecule has 0 aromatic carbocycles. The van der Waals surface area contributed by atoms with Gasteiger partial charge in [0.2, 0.25) is 0 Å². The van der Waals surface area contributed by atoms with Gasteiger partial charge in [-0.25, -0.2) is 0 Å². The summed E-state index contributed by atoms with van der Waals surface area (Å²) >= 11 is 0. The highest BCUT2D eigenvalue weighted by Crippen LogP contribution is 2.39. The highest BCUT2D eigenvalue weighted by Gasteiger charge is 2.47. The zero-order valence-electron chi connectivity index (χ0n) is 10.7. The molecule has 0 aliphatic carbocycles. The highest BCUT2D eigenvalue weighted by atomic mass is 28.4. The van der Waals surface area contributed by atoms with Crippen molar-refractivity contribution in [2.75, 3.05) is 6.61 Å². The molecule has 0 unspecified atom stereocenters. The lowest BCUT2D eigenvalue weighted by Crippen LogP contribution is -2.44. The standard InChI is InChI=1S/C11H24O3Si/c1-8(10-9(7-12)13-10)14-15(5,6)11(2,3)4/h8-10,12H,7H2,1-6H3/t8-,9+,10+/m0/s1. The fraction of sp³-hybridized carbons (Fsp3) is 1.00. The van der Waals surface area contributed by atoms with E-state index in [2.05, 4.69) is 33.9 Å². The smallest absolute Gasteiger partial charge is 0.192 e. The van der Waals surface area contributed by atoms with E-state index in [1.165, 1.54) is 0 Å². The van der Waals surface area contributed by atoms with E-state index < -0.39 is 8.32 Å². The van der Waals surface area contributed by atoms with Crippen LogP contribution >= 0.6 is 0 Å². The number of aliphatic hydroxyl groups is 1. The van der Waals surface area contributed by atoms with Gasteiger partial charge in [-0.15, -0.1) is 0 Å². The lowest BCUT2D eigenvalue weighted by Gasteiger charge is -2.38. The SMILES string of the molecule is C[C@H](O[Si](C)(C)C(C)(C)C)[C@H]1O[C@@H]1CO. The van der Waals surface area contributed by atoms with E-state index in [1.807, 2.05) is 6.92 Å². The molecule has 1 aliphatic rings. The molecule has 0 bridgehead atoms. The zero-order valence-corrected chi connectivity index (χ0v) is 11.7. The van der Waals surface area contributed by atoms with E-state index in [9.17, 15) is 0 Å². The van der Waals surface area contributed by atoms with E-state index in [1.54, 1.807) is 0 Å². The lowest BCUT2D eigenvalue weighted by molar-refractivity contribution is 0.158. The zero-order chi connectivity index (χ0) is 11.9. The van der Waals surface area contributed by atoms with Crippen LogP contribution in [-0.4, -0.2) is 38.3 Å². The predicted molar refractivity (Wildman–Crippen MR) is 63.5 cm³/mol. The van der Waals surface area contributed by atoms with E-state index >= 15 is 0 Å². The van der Waals surface area contributed by atoms with Crippen LogP contribution < -0.4 is 0 Å². The van der Waals surface area contributed by atoms with Crippen LogP contribution in [0.1, 0.15) is 27.7 Å². The molecule has 0 aromatic heterocycles. The third kappa shape index (κ3) is 3.03. The monoisotopic (exact) mass is 232 g/mol. The second kappa shape index (κ2) is 4.16. The van der Waals surface area contributed by atoms with Gasteiger partial charge in [-0.3, -0.25) is 0 Å². The molecule has 1 N–H and O–H groups in total. The molecule has 0 spiro atoms. The summed E-state index contributed by atoms with van der Waals surface area (Å²) in [5.41, 5.74) is 0. The number of hydrogen-bond donors (Lipinski definition) is 1. The van der Waals surface area contributed by atoms with Gasteiger partial charge in [0.05, 0.1) is 12.7 Å². The summed E-state index contributed by atoms with van der Waals surface area (Å²) in [5, 5.41) is 9.14. The third-order valence-corrected chi connectivity index (χ3v) is 8.12. The van der Waals surface area contributed by atoms with Gasteiger partial charge in [0.25, 0.3) is 0 Å². The molecule has 1 aliphatic heterocycles. The Morgan fingerprint density at radius 1 is 1.40 bits per heavy atom. The van der Waals surface area contributed by atoms with Gasteiger partial charge in [0, 0.05) is 0 Å². The quantitative estimate of drug-likeness (QED) is 0.596. The molecule has 0 radical (unpaired) electrons. The van der Waals surface area contributed by atoms with Crippen LogP contribution in [-0.2, 0) is 9.16 Å². The molecule has 1 heterocycles. The van der Waals surface area contributed by atoms with Crippen LogP contribution in [0.2, 0.25) is 18.1 Å². The van der Waals surface area contributed by atoms with E-state index in [0.29, 0.717) is 0 Å². The second-order valence-electron chi connectivity index (χ2n) is 5.91. The van der Waals surface area contributed by atoms with Crippen LogP contribution in [0.4, 0.5) is 0 Å². The molecule has 15 heavy (non-hydrogen) atoms. The van der Waals surface area contributed by atoms with Crippen molar-refractivity contribution in [2.24, 2.45) is 0 Å². The number of ether oxygens (including phenoxy) is 1. The Balaban J connectivity index is 2.48. The maximum Gasteiger partial charge on any atom is 0.192 e. The Morgan fingerprint density at radius 3 is 2.27 bits per heavy atom. The van der Waals surface area contributed by atoms with Crippen molar-refractivity contribution in [3.8, 4) is 0 Å². The molecule has 3 nitrogen and oxygen atoms in total. The van der Waals surface area contributed by atoms with Gasteiger partial charge >= 0.3 is 0 Å². The minimum Gasteiger partial charge on any atom is -0.411 e. The van der Waals surface area contributed by atoms with Crippen LogP contribution in [0, 0.1) is 0 Å². The van der Waals surface area contributed by atoms with Crippen LogP contribution in [0.3, 0.4) is 0 Å². The van der Waals surface area contributed by atoms with Gasteiger partial charge in [-0.2, -0.15) is 0 Å². The third-order valence-electron chi connectivity index (χ3n) is 3.55. The second-order valence-corrected chi connectivity index (χ2v) is 10.7. The highest BCUT2D eigenvalue weighted by molar-refractivity contribution is 6.74. The summed E-state index contributed by atoms with van der Waals surface area (Å²) in [5.74, 6) is 0. The number of rotatable bonds is 4. The van der Waals surface area contributed by atoms with Crippen molar-refractivity contribution in [1.29, 1.82) is 0 Å². The molecule has 0 amide bonds. The molecule has 1 rings (SSSR count). The molecule has 0 saturated carbocycles. The van der Waals surface area contributed by atoms with Crippen molar-refractivity contribution in [3.63, 3.8) is 0 Å². The molecule has 90 valence electrons. The van der Waals surface area contributed by atoms with Crippen LogP contribution in [0.5, 0.6) is 0 Å². The number of hydrogen-bond acceptors (Lipinski definition) is 3. The summed E-state index contributed by atoms with van der Waals surface area (Å²) in [7, 11) is -1.69. The largest absolute Gasteiger partial charge is 0.411 e. The Kier molecular flexibility index (Phi) is 3.65. The molecule has 4 heteroatoms. The molecule has 1 fully saturated rings. The van der Waals surface area contributed by atoms with Crippen molar-refractivity contribution >= 4 is 8.32 Å². The first-order chi connectivity index (χ1) is 6.69.